The largest absolute Gasteiger partial charge is 0.476 e. The van der Waals surface area contributed by atoms with Gasteiger partial charge in [0.05, 0.1) is 11.3 Å². The van der Waals surface area contributed by atoms with Gasteiger partial charge < -0.3 is 26.5 Å². The molecule has 1 atom stereocenters. The quantitative estimate of drug-likeness (QED) is 0.230. The predicted octanol–water partition coefficient (Wildman–Crippen LogP) is 5.74. The maximum atomic E-state index is 12.3. The number of aromatic amines is 1. The lowest BCUT2D eigenvalue weighted by Gasteiger charge is -2.25. The number of carboxylic acids is 1. The summed E-state index contributed by atoms with van der Waals surface area (Å²) in [6.07, 6.45) is -3.73. The number of aromatic nitrogens is 2. The molecule has 0 amide bonds. The highest BCUT2D eigenvalue weighted by Gasteiger charge is 2.35. The van der Waals surface area contributed by atoms with Crippen molar-refractivity contribution in [2.75, 3.05) is 25.6 Å². The number of nitrogens with zero attached hydrogens (tertiary/aromatic N) is 2. The van der Waals surface area contributed by atoms with Crippen LogP contribution in [0.25, 0.3) is 10.9 Å². The number of rotatable bonds is 5. The van der Waals surface area contributed by atoms with E-state index in [1.165, 1.54) is 16.5 Å². The molecule has 190 valence electrons. The molecule has 0 aliphatic heterocycles. The summed E-state index contributed by atoms with van der Waals surface area (Å²) in [4.78, 5) is 19.2. The number of hydrogen-bond donors (Lipinski definition) is 4. The summed E-state index contributed by atoms with van der Waals surface area (Å²) >= 11 is 2.54. The number of nitrogens with two attached hydrogens (primary N) is 2. The minimum Gasteiger partial charge on any atom is -0.476 e. The van der Waals surface area contributed by atoms with E-state index in [9.17, 15) is 18.0 Å². The molecule has 7 nitrogen and oxygen atoms in total. The summed E-state index contributed by atoms with van der Waals surface area (Å²) < 4.78 is 36.3. The number of carboxylic acid groups (broad SMARTS) is 1. The molecule has 0 saturated heterocycles. The summed E-state index contributed by atoms with van der Waals surface area (Å²) in [7, 11) is 4.23. The zero-order valence-electron chi connectivity index (χ0n) is 19.5. The second kappa shape index (κ2) is 11.0. The number of halogens is 4. The van der Waals surface area contributed by atoms with Crippen molar-refractivity contribution in [3.05, 3.63) is 87.7 Å². The lowest BCUT2D eigenvalue weighted by molar-refractivity contribution is -0.138. The van der Waals surface area contributed by atoms with Crippen LogP contribution in [0.3, 0.4) is 0 Å². The number of anilines is 2. The highest BCUT2D eigenvalue weighted by molar-refractivity contribution is 9.10. The van der Waals surface area contributed by atoms with E-state index in [4.69, 9.17) is 16.6 Å². The van der Waals surface area contributed by atoms with Gasteiger partial charge >= 0.3 is 12.1 Å². The second-order valence-corrected chi connectivity index (χ2v) is 8.98. The number of nitrogens with one attached hydrogen (secondary N) is 1. The standard InChI is InChI=1S/C18H21N3.C7H4BrF3N2O2/c1-21(2)17(13-8-4-3-5-9-13)12-15-14-10-6-7-11-16(14)20-18(15)19;8-5-2(7(9,10)11)1-3(12)4(13-5)6(14)15/h3-11,17,20H,12,19H2,1-2H3;1H,12H2,(H,14,15). The lowest BCUT2D eigenvalue weighted by atomic mass is 9.97. The Kier molecular flexibility index (Phi) is 8.26. The second-order valence-electron chi connectivity index (χ2n) is 8.22. The van der Waals surface area contributed by atoms with E-state index in [0.717, 1.165) is 17.8 Å². The van der Waals surface area contributed by atoms with Gasteiger partial charge in [0.25, 0.3) is 0 Å². The van der Waals surface area contributed by atoms with E-state index in [-0.39, 0.29) is 0 Å². The summed E-state index contributed by atoms with van der Waals surface area (Å²) in [6.45, 7) is 0. The van der Waals surface area contributed by atoms with Crippen molar-refractivity contribution < 1.29 is 23.1 Å². The normalized spacial score (nSPS) is 12.3. The van der Waals surface area contributed by atoms with Crippen molar-refractivity contribution in [2.45, 2.75) is 18.6 Å². The molecule has 0 fully saturated rings. The first-order valence-electron chi connectivity index (χ1n) is 10.7. The van der Waals surface area contributed by atoms with Gasteiger partial charge in [0.15, 0.2) is 5.69 Å². The topological polar surface area (TPSA) is 121 Å². The molecule has 2 aromatic carbocycles. The third kappa shape index (κ3) is 6.16. The molecule has 11 heteroatoms. The maximum Gasteiger partial charge on any atom is 0.419 e. The Morgan fingerprint density at radius 1 is 1.11 bits per heavy atom. The molecule has 0 spiro atoms. The number of fused-ring (bicyclic) bond motifs is 1. The minimum atomic E-state index is -4.63. The van der Waals surface area contributed by atoms with Crippen molar-refractivity contribution in [3.63, 3.8) is 0 Å². The van der Waals surface area contributed by atoms with Crippen LogP contribution in [-0.4, -0.2) is 40.0 Å². The first-order chi connectivity index (χ1) is 16.9. The molecule has 4 rings (SSSR count). The SMILES string of the molecule is CN(C)C(Cc1c(N)[nH]c2ccccc12)c1ccccc1.Nc1cc(C(F)(F)F)c(Br)nc1C(=O)O. The Morgan fingerprint density at radius 2 is 1.72 bits per heavy atom. The fourth-order valence-corrected chi connectivity index (χ4v) is 4.30. The van der Waals surface area contributed by atoms with Crippen LogP contribution in [0.15, 0.2) is 65.3 Å². The van der Waals surface area contributed by atoms with Gasteiger partial charge in [-0.05, 0) is 54.1 Å². The first kappa shape index (κ1) is 27.0. The number of carbonyl (C=O) groups is 1. The average Bonchev–Trinajstić information content (AvgIpc) is 3.13. The molecule has 4 aromatic rings. The Morgan fingerprint density at radius 3 is 2.31 bits per heavy atom. The van der Waals surface area contributed by atoms with E-state index in [0.29, 0.717) is 12.1 Å². The fourth-order valence-electron chi connectivity index (χ4n) is 3.78. The zero-order chi connectivity index (χ0) is 26.6. The van der Waals surface area contributed by atoms with Gasteiger partial charge in [0.1, 0.15) is 10.4 Å². The Labute approximate surface area is 214 Å². The van der Waals surface area contributed by atoms with Crippen LogP contribution in [0, 0.1) is 0 Å². The van der Waals surface area contributed by atoms with Crippen molar-refractivity contribution in [1.82, 2.24) is 14.9 Å². The number of alkyl halides is 3. The molecule has 0 radical (unpaired) electrons. The molecule has 0 aliphatic carbocycles. The van der Waals surface area contributed by atoms with Crippen LogP contribution in [0.4, 0.5) is 24.7 Å². The van der Waals surface area contributed by atoms with Gasteiger partial charge in [0.2, 0.25) is 0 Å². The lowest BCUT2D eigenvalue weighted by Crippen LogP contribution is -2.22. The van der Waals surface area contributed by atoms with Gasteiger partial charge in [-0.1, -0.05) is 48.5 Å². The highest BCUT2D eigenvalue weighted by Crippen LogP contribution is 2.35. The third-order valence-corrected chi connectivity index (χ3v) is 6.17. The van der Waals surface area contributed by atoms with Crippen molar-refractivity contribution >= 4 is 44.3 Å². The van der Waals surface area contributed by atoms with Gasteiger partial charge in [-0.25, -0.2) is 9.78 Å². The summed E-state index contributed by atoms with van der Waals surface area (Å²) in [5.41, 5.74) is 12.7. The fraction of sp³-hybridized carbons (Fsp3) is 0.200. The molecule has 36 heavy (non-hydrogen) atoms. The van der Waals surface area contributed by atoms with Crippen LogP contribution >= 0.6 is 15.9 Å². The number of para-hydroxylation sites is 1. The molecule has 1 unspecified atom stereocenters. The number of H-pyrrole nitrogens is 1. The summed E-state index contributed by atoms with van der Waals surface area (Å²) in [5.74, 6) is -0.707. The monoisotopic (exact) mass is 563 g/mol. The van der Waals surface area contributed by atoms with Gasteiger partial charge in [-0.3, -0.25) is 0 Å². The van der Waals surface area contributed by atoms with Crippen molar-refractivity contribution in [1.29, 1.82) is 0 Å². The Bertz CT molecular complexity index is 1360. The van der Waals surface area contributed by atoms with Crippen molar-refractivity contribution in [2.24, 2.45) is 0 Å². The Hall–Kier alpha value is -3.57. The van der Waals surface area contributed by atoms with E-state index in [1.54, 1.807) is 0 Å². The van der Waals surface area contributed by atoms with Crippen LogP contribution in [0.1, 0.15) is 33.2 Å². The number of likely N-dealkylation sites (N-methyl/N-ethyl adjacent to an activating group) is 1. The first-order valence-corrected chi connectivity index (χ1v) is 11.5. The van der Waals surface area contributed by atoms with Crippen molar-refractivity contribution in [3.8, 4) is 0 Å². The minimum absolute atomic E-state index is 0.313. The summed E-state index contributed by atoms with van der Waals surface area (Å²) in [5, 5.41) is 9.76. The Balaban J connectivity index is 0.000000214. The van der Waals surface area contributed by atoms with Gasteiger partial charge in [-0.15, -0.1) is 0 Å². The number of nitrogen functional groups attached to an aromatic ring is 2. The third-order valence-electron chi connectivity index (χ3n) is 5.57. The predicted molar refractivity (Wildman–Crippen MR) is 138 cm³/mol. The molecule has 0 saturated carbocycles. The number of pyridine rings is 1. The molecule has 0 aliphatic rings. The molecule has 2 aromatic heterocycles. The van der Waals surface area contributed by atoms with E-state index in [1.807, 2.05) is 6.07 Å². The molecule has 6 N–H and O–H groups in total. The van der Waals surface area contributed by atoms with Crippen LogP contribution in [0.5, 0.6) is 0 Å². The van der Waals surface area contributed by atoms with Gasteiger partial charge in [-0.2, -0.15) is 13.2 Å². The van der Waals surface area contributed by atoms with E-state index in [2.05, 4.69) is 93.4 Å². The van der Waals surface area contributed by atoms with Crippen LogP contribution in [0.2, 0.25) is 0 Å². The smallest absolute Gasteiger partial charge is 0.419 e. The number of aromatic carboxylic acids is 1. The van der Waals surface area contributed by atoms with Crippen LogP contribution < -0.4 is 11.5 Å². The molecule has 0 bridgehead atoms. The van der Waals surface area contributed by atoms with E-state index < -0.39 is 33.7 Å². The summed E-state index contributed by atoms with van der Waals surface area (Å²) in [6, 6.07) is 19.7. The number of hydrogen-bond acceptors (Lipinski definition) is 5. The highest BCUT2D eigenvalue weighted by atomic mass is 79.9. The molecule has 2 heterocycles. The zero-order valence-corrected chi connectivity index (χ0v) is 21.1. The average molecular weight is 564 g/mol. The van der Waals surface area contributed by atoms with Gasteiger partial charge in [0, 0.05) is 22.5 Å². The van der Waals surface area contributed by atoms with E-state index >= 15 is 0 Å². The number of benzene rings is 2. The molecular formula is C25H25BrF3N5O2. The maximum absolute atomic E-state index is 12.3. The van der Waals surface area contributed by atoms with Crippen LogP contribution in [-0.2, 0) is 12.6 Å². The molecular weight excluding hydrogens is 539 g/mol.